The second-order valence-corrected chi connectivity index (χ2v) is 4.08. The Morgan fingerprint density at radius 3 is 2.94 bits per heavy atom. The number of carbonyl (C=O) groups excluding carboxylic acids is 1. The summed E-state index contributed by atoms with van der Waals surface area (Å²) in [6, 6.07) is 0. The quantitative estimate of drug-likeness (QED) is 0.360. The van der Waals surface area contributed by atoms with Crippen LogP contribution in [-0.4, -0.2) is 30.4 Å². The predicted octanol–water partition coefficient (Wildman–Crippen LogP) is 1.42. The third kappa shape index (κ3) is 4.03. The largest absolute Gasteiger partial charge is 0.464 e. The molecule has 0 atom stereocenters. The molecular formula is C10H15N3O3S. The van der Waals surface area contributed by atoms with Crippen molar-refractivity contribution in [3.8, 4) is 0 Å². The van der Waals surface area contributed by atoms with Gasteiger partial charge in [0.1, 0.15) is 12.3 Å². The van der Waals surface area contributed by atoms with Crippen LogP contribution in [0, 0.1) is 0 Å². The Morgan fingerprint density at radius 2 is 2.41 bits per heavy atom. The minimum atomic E-state index is -0.591. The molecule has 0 fully saturated rings. The monoisotopic (exact) mass is 257 g/mol. The van der Waals surface area contributed by atoms with Crippen molar-refractivity contribution in [2.45, 2.75) is 19.8 Å². The standard InChI is InChI=1S/C10H15N3O3S/c1-3-4-5-16-13-8(9(14)15-2)7-6-17-10(11)12-7/h6H,3-5H2,1-2H3,(H2,11,12). The molecule has 7 heteroatoms. The lowest BCUT2D eigenvalue weighted by Gasteiger charge is -2.02. The zero-order valence-electron chi connectivity index (χ0n) is 9.80. The molecule has 1 heterocycles. The van der Waals surface area contributed by atoms with Crippen LogP contribution in [0.4, 0.5) is 5.13 Å². The number of nitrogens with zero attached hydrogens (tertiary/aromatic N) is 2. The number of esters is 1. The van der Waals surface area contributed by atoms with Gasteiger partial charge in [-0.25, -0.2) is 9.78 Å². The van der Waals surface area contributed by atoms with Crippen LogP contribution in [0.5, 0.6) is 0 Å². The number of carbonyl (C=O) groups is 1. The van der Waals surface area contributed by atoms with Crippen LogP contribution in [0.1, 0.15) is 25.5 Å². The molecule has 2 N–H and O–H groups in total. The number of thiazole rings is 1. The second-order valence-electron chi connectivity index (χ2n) is 3.19. The number of unbranched alkanes of at least 4 members (excludes halogenated alkanes) is 1. The van der Waals surface area contributed by atoms with Gasteiger partial charge < -0.3 is 15.3 Å². The number of anilines is 1. The fourth-order valence-corrected chi connectivity index (χ4v) is 1.55. The average molecular weight is 257 g/mol. The van der Waals surface area contributed by atoms with Crippen molar-refractivity contribution in [1.29, 1.82) is 0 Å². The molecule has 0 radical (unpaired) electrons. The van der Waals surface area contributed by atoms with Crippen molar-refractivity contribution >= 4 is 28.1 Å². The second kappa shape index (κ2) is 6.85. The molecule has 0 saturated carbocycles. The number of oxime groups is 1. The van der Waals surface area contributed by atoms with Crippen LogP contribution in [-0.2, 0) is 14.4 Å². The molecule has 94 valence electrons. The van der Waals surface area contributed by atoms with E-state index in [9.17, 15) is 4.79 Å². The topological polar surface area (TPSA) is 86.8 Å². The zero-order valence-corrected chi connectivity index (χ0v) is 10.6. The molecule has 0 aliphatic rings. The molecule has 0 aliphatic heterocycles. The molecule has 0 spiro atoms. The summed E-state index contributed by atoms with van der Waals surface area (Å²) in [6.07, 6.45) is 1.86. The lowest BCUT2D eigenvalue weighted by molar-refractivity contribution is -0.132. The molecule has 1 rings (SSSR count). The van der Waals surface area contributed by atoms with Crippen LogP contribution >= 0.6 is 11.3 Å². The number of aromatic nitrogens is 1. The molecule has 1 aromatic rings. The number of hydrogen-bond donors (Lipinski definition) is 1. The highest BCUT2D eigenvalue weighted by atomic mass is 32.1. The molecule has 17 heavy (non-hydrogen) atoms. The van der Waals surface area contributed by atoms with Gasteiger partial charge in [0.25, 0.3) is 0 Å². The van der Waals surface area contributed by atoms with E-state index in [2.05, 4.69) is 14.9 Å². The van der Waals surface area contributed by atoms with Gasteiger partial charge in [-0.3, -0.25) is 0 Å². The smallest absolute Gasteiger partial charge is 0.362 e. The molecular weight excluding hydrogens is 242 g/mol. The van der Waals surface area contributed by atoms with Crippen LogP contribution in [0.25, 0.3) is 0 Å². The van der Waals surface area contributed by atoms with Gasteiger partial charge in [0.15, 0.2) is 5.13 Å². The van der Waals surface area contributed by atoms with E-state index in [1.165, 1.54) is 18.4 Å². The molecule has 0 amide bonds. The third-order valence-electron chi connectivity index (χ3n) is 1.89. The Morgan fingerprint density at radius 1 is 1.65 bits per heavy atom. The van der Waals surface area contributed by atoms with Gasteiger partial charge in [0.05, 0.1) is 7.11 Å². The Balaban J connectivity index is 2.77. The van der Waals surface area contributed by atoms with Crippen molar-refractivity contribution < 1.29 is 14.4 Å². The van der Waals surface area contributed by atoms with E-state index >= 15 is 0 Å². The summed E-state index contributed by atoms with van der Waals surface area (Å²) in [5, 5.41) is 5.75. The summed E-state index contributed by atoms with van der Waals surface area (Å²) in [5.41, 5.74) is 5.90. The van der Waals surface area contributed by atoms with E-state index in [0.29, 0.717) is 17.4 Å². The SMILES string of the molecule is CCCCON=C(C(=O)OC)c1csc(N)n1. The van der Waals surface area contributed by atoms with Crippen molar-refractivity contribution in [3.05, 3.63) is 11.1 Å². The molecule has 0 bridgehead atoms. The first-order valence-electron chi connectivity index (χ1n) is 5.18. The molecule has 0 aliphatic carbocycles. The van der Waals surface area contributed by atoms with E-state index in [1.807, 2.05) is 6.92 Å². The summed E-state index contributed by atoms with van der Waals surface area (Å²) < 4.78 is 4.61. The molecule has 1 aromatic heterocycles. The molecule has 0 unspecified atom stereocenters. The van der Waals surface area contributed by atoms with Crippen LogP contribution in [0.15, 0.2) is 10.5 Å². The fourth-order valence-electron chi connectivity index (χ4n) is 1.00. The van der Waals surface area contributed by atoms with E-state index in [0.717, 1.165) is 12.8 Å². The molecule has 0 aromatic carbocycles. The van der Waals surface area contributed by atoms with E-state index in [-0.39, 0.29) is 5.71 Å². The first-order chi connectivity index (χ1) is 8.19. The van der Waals surface area contributed by atoms with Crippen molar-refractivity contribution in [3.63, 3.8) is 0 Å². The van der Waals surface area contributed by atoms with Gasteiger partial charge in [0, 0.05) is 5.38 Å². The number of methoxy groups -OCH3 is 1. The first kappa shape index (κ1) is 13.4. The number of ether oxygens (including phenoxy) is 1. The van der Waals surface area contributed by atoms with Crippen molar-refractivity contribution in [2.75, 3.05) is 19.5 Å². The van der Waals surface area contributed by atoms with Gasteiger partial charge in [-0.2, -0.15) is 0 Å². The molecule has 6 nitrogen and oxygen atoms in total. The highest BCUT2D eigenvalue weighted by Gasteiger charge is 2.18. The maximum atomic E-state index is 11.5. The summed E-state index contributed by atoms with van der Waals surface area (Å²) in [6.45, 7) is 2.49. The summed E-state index contributed by atoms with van der Waals surface area (Å²) >= 11 is 1.23. The maximum absolute atomic E-state index is 11.5. The van der Waals surface area contributed by atoms with Crippen molar-refractivity contribution in [2.24, 2.45) is 5.16 Å². The summed E-state index contributed by atoms with van der Waals surface area (Å²) in [7, 11) is 1.28. The van der Waals surface area contributed by atoms with Gasteiger partial charge >= 0.3 is 5.97 Å². The van der Waals surface area contributed by atoms with Crippen molar-refractivity contribution in [1.82, 2.24) is 4.98 Å². The van der Waals surface area contributed by atoms with E-state index < -0.39 is 5.97 Å². The predicted molar refractivity (Wildman–Crippen MR) is 65.9 cm³/mol. The van der Waals surface area contributed by atoms with E-state index in [4.69, 9.17) is 10.6 Å². The first-order valence-corrected chi connectivity index (χ1v) is 6.06. The maximum Gasteiger partial charge on any atom is 0.362 e. The number of rotatable bonds is 6. The summed E-state index contributed by atoms with van der Waals surface area (Å²) in [4.78, 5) is 20.5. The van der Waals surface area contributed by atoms with Crippen LogP contribution in [0.2, 0.25) is 0 Å². The zero-order chi connectivity index (χ0) is 12.7. The van der Waals surface area contributed by atoms with Gasteiger partial charge in [-0.15, -0.1) is 11.3 Å². The average Bonchev–Trinajstić information content (AvgIpc) is 2.75. The highest BCUT2D eigenvalue weighted by molar-refractivity contribution is 7.13. The van der Waals surface area contributed by atoms with Gasteiger partial charge in [-0.05, 0) is 6.42 Å². The number of hydrogen-bond acceptors (Lipinski definition) is 7. The number of nitrogens with two attached hydrogens (primary N) is 1. The third-order valence-corrected chi connectivity index (χ3v) is 2.56. The Kier molecular flexibility index (Phi) is 5.41. The minimum Gasteiger partial charge on any atom is -0.464 e. The number of nitrogen functional groups attached to an aromatic ring is 1. The van der Waals surface area contributed by atoms with Gasteiger partial charge in [-0.1, -0.05) is 18.5 Å². The summed E-state index contributed by atoms with van der Waals surface area (Å²) in [5.74, 6) is -0.591. The Hall–Kier alpha value is -1.63. The van der Waals surface area contributed by atoms with Crippen LogP contribution < -0.4 is 5.73 Å². The Bertz CT molecular complexity index is 403. The molecule has 0 saturated heterocycles. The fraction of sp³-hybridized carbons (Fsp3) is 0.500. The van der Waals surface area contributed by atoms with Crippen LogP contribution in [0.3, 0.4) is 0 Å². The minimum absolute atomic E-state index is 0.0385. The van der Waals surface area contributed by atoms with Gasteiger partial charge in [0.2, 0.25) is 5.71 Å². The highest BCUT2D eigenvalue weighted by Crippen LogP contribution is 2.12. The Labute approximate surface area is 103 Å². The normalized spacial score (nSPS) is 11.3. The lowest BCUT2D eigenvalue weighted by Crippen LogP contribution is -2.18. The van der Waals surface area contributed by atoms with E-state index in [1.54, 1.807) is 5.38 Å². The lowest BCUT2D eigenvalue weighted by atomic mass is 10.3.